The average Bonchev–Trinajstić information content (AvgIpc) is 2.47. The molecule has 4 heteroatoms. The molecule has 1 aliphatic rings. The molecule has 20 heavy (non-hydrogen) atoms. The molecule has 1 saturated carbocycles. The smallest absolute Gasteiger partial charge is 0.161 e. The molecular weight excluding hydrogens is 318 g/mol. The van der Waals surface area contributed by atoms with Crippen LogP contribution in [0.15, 0.2) is 16.6 Å². The van der Waals surface area contributed by atoms with E-state index in [1.165, 1.54) is 31.2 Å². The number of benzene rings is 1. The third-order valence-corrected chi connectivity index (χ3v) is 5.11. The molecule has 2 N–H and O–H groups in total. The lowest BCUT2D eigenvalue weighted by Gasteiger charge is -2.26. The van der Waals surface area contributed by atoms with Crippen LogP contribution in [0.3, 0.4) is 0 Å². The molecule has 1 aromatic carbocycles. The second-order valence-electron chi connectivity index (χ2n) is 5.66. The predicted molar refractivity (Wildman–Crippen MR) is 84.3 cm³/mol. The molecule has 0 aromatic heterocycles. The topological polar surface area (TPSA) is 35.1 Å². The standard InChI is InChI=1S/C16H24BrNO2/c1-11-6-4-5-7-14(11)18-10-12-8-15(19-2)16(20-3)9-13(12)17/h8-9,11,14,18H,4-7,10H2,1-3H3/p+1/t11-,14-/m0/s1. The first-order chi connectivity index (χ1) is 9.65. The minimum atomic E-state index is 0.753. The largest absolute Gasteiger partial charge is 0.493 e. The molecule has 0 radical (unpaired) electrons. The van der Waals surface area contributed by atoms with Crippen LogP contribution in [0, 0.1) is 5.92 Å². The molecule has 0 unspecified atom stereocenters. The number of hydrogen-bond donors (Lipinski definition) is 1. The van der Waals surface area contributed by atoms with Crippen LogP contribution in [0.4, 0.5) is 0 Å². The van der Waals surface area contributed by atoms with Crippen LogP contribution < -0.4 is 14.8 Å². The molecule has 1 aliphatic carbocycles. The van der Waals surface area contributed by atoms with Gasteiger partial charge in [-0.15, -0.1) is 0 Å². The Morgan fingerprint density at radius 1 is 1.15 bits per heavy atom. The normalized spacial score (nSPS) is 22.6. The number of hydrogen-bond acceptors (Lipinski definition) is 2. The van der Waals surface area contributed by atoms with E-state index in [1.54, 1.807) is 14.2 Å². The third-order valence-electron chi connectivity index (χ3n) is 4.37. The van der Waals surface area contributed by atoms with Crippen LogP contribution >= 0.6 is 15.9 Å². The Labute approximate surface area is 130 Å². The van der Waals surface area contributed by atoms with E-state index in [0.717, 1.165) is 34.5 Å². The summed E-state index contributed by atoms with van der Waals surface area (Å²) in [5.74, 6) is 2.40. The van der Waals surface area contributed by atoms with E-state index in [0.29, 0.717) is 0 Å². The third kappa shape index (κ3) is 3.67. The van der Waals surface area contributed by atoms with Crippen LogP contribution in [0.1, 0.15) is 38.2 Å². The van der Waals surface area contributed by atoms with Crippen molar-refractivity contribution in [2.75, 3.05) is 14.2 Å². The molecule has 1 aromatic rings. The maximum absolute atomic E-state index is 5.39. The summed E-state index contributed by atoms with van der Waals surface area (Å²) in [6, 6.07) is 4.82. The van der Waals surface area contributed by atoms with Gasteiger partial charge in [0.05, 0.1) is 20.3 Å². The molecule has 0 heterocycles. The first-order valence-electron chi connectivity index (χ1n) is 7.39. The van der Waals surface area contributed by atoms with E-state index >= 15 is 0 Å². The molecule has 112 valence electrons. The van der Waals surface area contributed by atoms with Crippen LogP contribution in [0.2, 0.25) is 0 Å². The number of nitrogens with two attached hydrogens (primary N) is 1. The molecule has 0 saturated heterocycles. The highest BCUT2D eigenvalue weighted by atomic mass is 79.9. The van der Waals surface area contributed by atoms with Gasteiger partial charge in [-0.2, -0.15) is 0 Å². The lowest BCUT2D eigenvalue weighted by Crippen LogP contribution is -2.90. The summed E-state index contributed by atoms with van der Waals surface area (Å²) in [6.45, 7) is 3.36. The van der Waals surface area contributed by atoms with Crippen molar-refractivity contribution < 1.29 is 14.8 Å². The molecule has 2 rings (SSSR count). The molecule has 1 fully saturated rings. The van der Waals surface area contributed by atoms with Crippen molar-refractivity contribution in [1.82, 2.24) is 0 Å². The summed E-state index contributed by atoms with van der Waals surface area (Å²) < 4.78 is 11.8. The first-order valence-corrected chi connectivity index (χ1v) is 8.18. The highest BCUT2D eigenvalue weighted by Crippen LogP contribution is 2.33. The predicted octanol–water partition coefficient (Wildman–Crippen LogP) is 3.11. The first kappa shape index (κ1) is 15.6. The van der Waals surface area contributed by atoms with Gasteiger partial charge in [-0.05, 0) is 31.4 Å². The van der Waals surface area contributed by atoms with Crippen molar-refractivity contribution >= 4 is 15.9 Å². The maximum Gasteiger partial charge on any atom is 0.161 e. The highest BCUT2D eigenvalue weighted by Gasteiger charge is 2.24. The van der Waals surface area contributed by atoms with Crippen molar-refractivity contribution in [2.45, 2.75) is 45.2 Å². The average molecular weight is 343 g/mol. The van der Waals surface area contributed by atoms with Crippen LogP contribution in [0.25, 0.3) is 0 Å². The van der Waals surface area contributed by atoms with Crippen molar-refractivity contribution in [3.05, 3.63) is 22.2 Å². The number of methoxy groups -OCH3 is 2. The van der Waals surface area contributed by atoms with Crippen molar-refractivity contribution in [3.63, 3.8) is 0 Å². The number of rotatable bonds is 5. The fraction of sp³-hybridized carbons (Fsp3) is 0.625. The van der Waals surface area contributed by atoms with Crippen molar-refractivity contribution in [2.24, 2.45) is 5.92 Å². The molecule has 3 nitrogen and oxygen atoms in total. The second-order valence-corrected chi connectivity index (χ2v) is 6.52. The summed E-state index contributed by atoms with van der Waals surface area (Å²) in [7, 11) is 3.35. The summed E-state index contributed by atoms with van der Waals surface area (Å²) in [5.41, 5.74) is 1.26. The minimum absolute atomic E-state index is 0.753. The zero-order valence-corrected chi connectivity index (χ0v) is 14.2. The maximum atomic E-state index is 5.39. The second kappa shape index (κ2) is 7.32. The summed E-state index contributed by atoms with van der Waals surface area (Å²) in [5, 5.41) is 2.48. The zero-order valence-electron chi connectivity index (χ0n) is 12.6. The van der Waals surface area contributed by atoms with Crippen LogP contribution in [0.5, 0.6) is 11.5 Å². The van der Waals surface area contributed by atoms with Gasteiger partial charge in [0.15, 0.2) is 11.5 Å². The van der Waals surface area contributed by atoms with E-state index in [4.69, 9.17) is 9.47 Å². The van der Waals surface area contributed by atoms with Gasteiger partial charge in [0.2, 0.25) is 0 Å². The van der Waals surface area contributed by atoms with Gasteiger partial charge >= 0.3 is 0 Å². The zero-order chi connectivity index (χ0) is 14.5. The number of ether oxygens (including phenoxy) is 2. The number of quaternary nitrogens is 1. The Morgan fingerprint density at radius 3 is 2.45 bits per heavy atom. The Balaban J connectivity index is 2.05. The molecule has 2 atom stereocenters. The lowest BCUT2D eigenvalue weighted by molar-refractivity contribution is -0.712. The fourth-order valence-electron chi connectivity index (χ4n) is 3.03. The molecule has 0 spiro atoms. The Hall–Kier alpha value is -0.740. The van der Waals surface area contributed by atoms with E-state index < -0.39 is 0 Å². The van der Waals surface area contributed by atoms with Gasteiger partial charge in [0.1, 0.15) is 6.54 Å². The minimum Gasteiger partial charge on any atom is -0.493 e. The molecular formula is C16H25BrNO2+. The van der Waals surface area contributed by atoms with Gasteiger partial charge in [-0.1, -0.05) is 29.3 Å². The number of halogens is 1. The summed E-state index contributed by atoms with van der Waals surface area (Å²) in [4.78, 5) is 0. The van der Waals surface area contributed by atoms with Crippen LogP contribution in [-0.4, -0.2) is 20.3 Å². The molecule has 0 aliphatic heterocycles. The Morgan fingerprint density at radius 2 is 1.80 bits per heavy atom. The Bertz CT molecular complexity index is 450. The molecule has 0 bridgehead atoms. The van der Waals surface area contributed by atoms with E-state index in [2.05, 4.69) is 34.2 Å². The monoisotopic (exact) mass is 342 g/mol. The van der Waals surface area contributed by atoms with Gasteiger partial charge in [-0.25, -0.2) is 0 Å². The SMILES string of the molecule is COc1cc(Br)c(C[NH2+][C@H]2CCCC[C@@H]2C)cc1OC. The summed E-state index contributed by atoms with van der Waals surface area (Å²) >= 11 is 3.64. The van der Waals surface area contributed by atoms with E-state index in [9.17, 15) is 0 Å². The highest BCUT2D eigenvalue weighted by molar-refractivity contribution is 9.10. The van der Waals surface area contributed by atoms with Gasteiger partial charge in [0, 0.05) is 16.0 Å². The lowest BCUT2D eigenvalue weighted by atomic mass is 9.86. The molecule has 0 amide bonds. The van der Waals surface area contributed by atoms with Crippen molar-refractivity contribution in [3.8, 4) is 11.5 Å². The van der Waals surface area contributed by atoms with Gasteiger partial charge in [0.25, 0.3) is 0 Å². The van der Waals surface area contributed by atoms with E-state index in [1.807, 2.05) is 6.07 Å². The van der Waals surface area contributed by atoms with Crippen LogP contribution in [-0.2, 0) is 6.54 Å². The Kier molecular flexibility index (Phi) is 5.73. The van der Waals surface area contributed by atoms with Crippen molar-refractivity contribution in [1.29, 1.82) is 0 Å². The fourth-order valence-corrected chi connectivity index (χ4v) is 3.51. The van der Waals surface area contributed by atoms with Gasteiger partial charge < -0.3 is 14.8 Å². The van der Waals surface area contributed by atoms with Gasteiger partial charge in [-0.3, -0.25) is 0 Å². The van der Waals surface area contributed by atoms with E-state index in [-0.39, 0.29) is 0 Å². The summed E-state index contributed by atoms with van der Waals surface area (Å²) in [6.07, 6.45) is 5.48. The quantitative estimate of drug-likeness (QED) is 0.892.